The summed E-state index contributed by atoms with van der Waals surface area (Å²) in [6.45, 7) is 0. The quantitative estimate of drug-likeness (QED) is 0.180. The number of nitrogens with zero attached hydrogens (tertiary/aromatic N) is 3. The van der Waals surface area contributed by atoms with Crippen molar-refractivity contribution >= 4 is 33.7 Å². The molecule has 0 radical (unpaired) electrons. The average Bonchev–Trinajstić information content (AvgIpc) is 3.81. The van der Waals surface area contributed by atoms with E-state index in [9.17, 15) is 0 Å². The van der Waals surface area contributed by atoms with Crippen molar-refractivity contribution in [1.82, 2.24) is 15.0 Å². The van der Waals surface area contributed by atoms with Crippen molar-refractivity contribution in [2.75, 3.05) is 0 Å². The van der Waals surface area contributed by atoms with Gasteiger partial charge in [-0.25, -0.2) is 15.0 Å². The SMILES string of the molecule is c1ccc(-c2nc(-c3ccccc3)nc(-c3cccc4oc5ccc(-c6cccc7c6-c6ccccc6C76c7ccccc7Sc7ccccc76)cc5c34)n2)cc1. The summed E-state index contributed by atoms with van der Waals surface area (Å²) in [5.41, 5.74) is 14.1. The van der Waals surface area contributed by atoms with Gasteiger partial charge in [-0.1, -0.05) is 169 Å². The third kappa shape index (κ3) is 4.73. The molecule has 1 aliphatic carbocycles. The minimum Gasteiger partial charge on any atom is -0.456 e. The molecule has 8 aromatic carbocycles. The van der Waals surface area contributed by atoms with Crippen molar-refractivity contribution in [2.24, 2.45) is 0 Å². The molecule has 57 heavy (non-hydrogen) atoms. The van der Waals surface area contributed by atoms with Gasteiger partial charge in [-0.3, -0.25) is 0 Å². The van der Waals surface area contributed by atoms with Crippen LogP contribution in [0.4, 0.5) is 0 Å². The molecule has 0 unspecified atom stereocenters. The van der Waals surface area contributed by atoms with Gasteiger partial charge in [-0.15, -0.1) is 0 Å². The Morgan fingerprint density at radius 1 is 0.386 bits per heavy atom. The zero-order valence-corrected chi connectivity index (χ0v) is 31.4. The molecule has 0 fully saturated rings. The lowest BCUT2D eigenvalue weighted by Crippen LogP contribution is -2.31. The fourth-order valence-corrected chi connectivity index (χ4v) is 10.4. The van der Waals surface area contributed by atoms with Gasteiger partial charge >= 0.3 is 0 Å². The van der Waals surface area contributed by atoms with Gasteiger partial charge in [-0.05, 0) is 74.8 Å². The highest BCUT2D eigenvalue weighted by Gasteiger charge is 2.50. The molecule has 266 valence electrons. The van der Waals surface area contributed by atoms with Crippen LogP contribution >= 0.6 is 11.8 Å². The molecular weight excluding hydrogens is 715 g/mol. The van der Waals surface area contributed by atoms with Crippen LogP contribution in [-0.2, 0) is 5.41 Å². The number of benzene rings is 8. The first-order chi connectivity index (χ1) is 28.3. The maximum absolute atomic E-state index is 6.58. The van der Waals surface area contributed by atoms with Crippen molar-refractivity contribution in [2.45, 2.75) is 15.2 Å². The standard InChI is InChI=1S/C52H31N3OS/c1-3-15-32(16-4-1)49-53-50(33-17-5-2-6-18-33)55-51(54-49)37-21-14-26-44-48(37)38-31-34(29-30-43(38)56-44)35-20-13-25-42-47(35)36-19-7-8-22-39(36)52(42)40-23-9-11-27-45(40)57-46-28-12-10-24-41(46)52/h1-31H. The summed E-state index contributed by atoms with van der Waals surface area (Å²) in [5, 5.41) is 2.00. The minimum absolute atomic E-state index is 0.439. The van der Waals surface area contributed by atoms with Gasteiger partial charge in [0.1, 0.15) is 11.2 Å². The average molecular weight is 746 g/mol. The van der Waals surface area contributed by atoms with Gasteiger partial charge in [0, 0.05) is 37.3 Å². The topological polar surface area (TPSA) is 51.8 Å². The molecule has 0 amide bonds. The monoisotopic (exact) mass is 745 g/mol. The molecule has 2 aliphatic rings. The van der Waals surface area contributed by atoms with Crippen LogP contribution in [0.1, 0.15) is 22.3 Å². The maximum Gasteiger partial charge on any atom is 0.164 e. The predicted octanol–water partition coefficient (Wildman–Crippen LogP) is 13.3. The van der Waals surface area contributed by atoms with Crippen molar-refractivity contribution in [3.63, 3.8) is 0 Å². The van der Waals surface area contributed by atoms with Crippen molar-refractivity contribution in [3.8, 4) is 56.4 Å². The van der Waals surface area contributed by atoms with Crippen LogP contribution in [0.3, 0.4) is 0 Å². The first kappa shape index (κ1) is 32.2. The van der Waals surface area contributed by atoms with Crippen LogP contribution in [0.2, 0.25) is 0 Å². The Labute approximate surface area is 333 Å². The zero-order valence-electron chi connectivity index (χ0n) is 30.6. The molecule has 1 aliphatic heterocycles. The lowest BCUT2D eigenvalue weighted by Gasteiger charge is -2.39. The van der Waals surface area contributed by atoms with Crippen LogP contribution in [0.25, 0.3) is 78.4 Å². The van der Waals surface area contributed by atoms with Crippen LogP contribution < -0.4 is 0 Å². The van der Waals surface area contributed by atoms with Crippen LogP contribution in [0.5, 0.6) is 0 Å². The number of hydrogen-bond acceptors (Lipinski definition) is 5. The van der Waals surface area contributed by atoms with Gasteiger partial charge in [0.2, 0.25) is 0 Å². The summed E-state index contributed by atoms with van der Waals surface area (Å²) in [5.74, 6) is 1.86. The Kier molecular flexibility index (Phi) is 7.04. The molecule has 12 rings (SSSR count). The van der Waals surface area contributed by atoms with E-state index in [0.717, 1.165) is 44.2 Å². The normalized spacial score (nSPS) is 13.3. The molecular formula is C52H31N3OS. The number of aromatic nitrogens is 3. The van der Waals surface area contributed by atoms with E-state index in [1.54, 1.807) is 0 Å². The summed E-state index contributed by atoms with van der Waals surface area (Å²) in [7, 11) is 0. The Bertz CT molecular complexity index is 3120. The molecule has 0 saturated heterocycles. The van der Waals surface area contributed by atoms with E-state index in [4.69, 9.17) is 19.4 Å². The second-order valence-corrected chi connectivity index (χ2v) is 15.7. The van der Waals surface area contributed by atoms with Crippen LogP contribution in [0, 0.1) is 0 Å². The van der Waals surface area contributed by atoms with E-state index in [0.29, 0.717) is 17.5 Å². The second-order valence-electron chi connectivity index (χ2n) is 14.6. The summed E-state index contributed by atoms with van der Waals surface area (Å²) < 4.78 is 6.58. The first-order valence-corrected chi connectivity index (χ1v) is 20.0. The van der Waals surface area contributed by atoms with Gasteiger partial charge < -0.3 is 4.42 Å². The molecule has 0 saturated carbocycles. The Morgan fingerprint density at radius 2 is 0.930 bits per heavy atom. The minimum atomic E-state index is -0.439. The number of rotatable bonds is 4. The van der Waals surface area contributed by atoms with Crippen LogP contribution in [0.15, 0.2) is 202 Å². The smallest absolute Gasteiger partial charge is 0.164 e. The molecule has 4 nitrogen and oxygen atoms in total. The highest BCUT2D eigenvalue weighted by atomic mass is 32.2. The van der Waals surface area contributed by atoms with E-state index in [1.807, 2.05) is 84.6 Å². The highest BCUT2D eigenvalue weighted by molar-refractivity contribution is 7.99. The molecule has 5 heteroatoms. The molecule has 3 heterocycles. The number of hydrogen-bond donors (Lipinski definition) is 0. The predicted molar refractivity (Wildman–Crippen MR) is 230 cm³/mol. The van der Waals surface area contributed by atoms with Gasteiger partial charge in [0.05, 0.1) is 5.41 Å². The number of fused-ring (bicyclic) bond motifs is 12. The third-order valence-corrected chi connectivity index (χ3v) is 12.8. The highest BCUT2D eigenvalue weighted by Crippen LogP contribution is 2.63. The number of furan rings is 1. The molecule has 1 spiro atoms. The summed E-state index contributed by atoms with van der Waals surface area (Å²) in [6, 6.07) is 66.8. The molecule has 0 atom stereocenters. The first-order valence-electron chi connectivity index (χ1n) is 19.2. The second kappa shape index (κ2) is 12.5. The van der Waals surface area contributed by atoms with Gasteiger partial charge in [-0.2, -0.15) is 0 Å². The summed E-state index contributed by atoms with van der Waals surface area (Å²) in [4.78, 5) is 17.8. The van der Waals surface area contributed by atoms with E-state index in [2.05, 4.69) is 115 Å². The van der Waals surface area contributed by atoms with E-state index < -0.39 is 5.41 Å². The fourth-order valence-electron chi connectivity index (χ4n) is 9.25. The van der Waals surface area contributed by atoms with E-state index in [-0.39, 0.29) is 0 Å². The van der Waals surface area contributed by atoms with Crippen molar-refractivity contribution in [3.05, 3.63) is 210 Å². The zero-order chi connectivity index (χ0) is 37.5. The lowest BCUT2D eigenvalue weighted by atomic mass is 9.67. The van der Waals surface area contributed by atoms with Crippen molar-refractivity contribution in [1.29, 1.82) is 0 Å². The molecule has 2 aromatic heterocycles. The Morgan fingerprint density at radius 3 is 1.63 bits per heavy atom. The fraction of sp³-hybridized carbons (Fsp3) is 0.0192. The maximum atomic E-state index is 6.58. The third-order valence-electron chi connectivity index (χ3n) is 11.6. The van der Waals surface area contributed by atoms with Crippen LogP contribution in [-0.4, -0.2) is 15.0 Å². The van der Waals surface area contributed by atoms with E-state index >= 15 is 0 Å². The molecule has 10 aromatic rings. The van der Waals surface area contributed by atoms with Gasteiger partial charge in [0.25, 0.3) is 0 Å². The molecule has 0 N–H and O–H groups in total. The Hall–Kier alpha value is -7.08. The molecule has 0 bridgehead atoms. The van der Waals surface area contributed by atoms with Crippen molar-refractivity contribution < 1.29 is 4.42 Å². The largest absolute Gasteiger partial charge is 0.456 e. The van der Waals surface area contributed by atoms with Gasteiger partial charge in [0.15, 0.2) is 17.5 Å². The van der Waals surface area contributed by atoms with E-state index in [1.165, 1.54) is 48.7 Å². The summed E-state index contributed by atoms with van der Waals surface area (Å²) in [6.07, 6.45) is 0. The summed E-state index contributed by atoms with van der Waals surface area (Å²) >= 11 is 1.87. The Balaban J connectivity index is 1.09. The lowest BCUT2D eigenvalue weighted by molar-refractivity contribution is 0.669.